The second-order valence-electron chi connectivity index (χ2n) is 11.1. The summed E-state index contributed by atoms with van der Waals surface area (Å²) >= 11 is 6.80. The summed E-state index contributed by atoms with van der Waals surface area (Å²) in [5.74, 6) is 0.117. The minimum absolute atomic E-state index is 0. The zero-order chi connectivity index (χ0) is 31.0. The van der Waals surface area contributed by atoms with E-state index in [2.05, 4.69) is 32.2 Å². The smallest absolute Gasteiger partial charge is 0.481 e. The second-order valence-corrected chi connectivity index (χ2v) is 11.5. The summed E-state index contributed by atoms with van der Waals surface area (Å²) in [6.07, 6.45) is 7.05. The van der Waals surface area contributed by atoms with Gasteiger partial charge in [0, 0.05) is 37.3 Å². The van der Waals surface area contributed by atoms with Crippen LogP contribution in [0.25, 0.3) is 22.4 Å². The molecule has 7 rings (SSSR count). The van der Waals surface area contributed by atoms with Gasteiger partial charge in [0.2, 0.25) is 5.88 Å². The van der Waals surface area contributed by atoms with Gasteiger partial charge in [-0.15, -0.1) is 17.2 Å². The summed E-state index contributed by atoms with van der Waals surface area (Å²) in [7, 11) is 3.28. The van der Waals surface area contributed by atoms with Gasteiger partial charge >= 0.3 is 23.0 Å². The number of carbonyl (C=O) groups is 1. The number of aliphatic carboxylic acids is 1. The number of aliphatic hydroxyl groups is 1. The Morgan fingerprint density at radius 2 is 1.87 bits per heavy atom. The Bertz CT molecular complexity index is 1730. The van der Waals surface area contributed by atoms with Gasteiger partial charge in [0.15, 0.2) is 0 Å². The van der Waals surface area contributed by atoms with Crippen molar-refractivity contribution in [1.29, 1.82) is 0 Å². The van der Waals surface area contributed by atoms with Crippen LogP contribution in [0.15, 0.2) is 60.0 Å². The molecule has 1 saturated carbocycles. The molecule has 2 N–H and O–H groups in total. The zero-order valence-electron chi connectivity index (χ0n) is 24.9. The first-order chi connectivity index (χ1) is 21.3. The van der Waals surface area contributed by atoms with Crippen LogP contribution in [0.5, 0.6) is 5.88 Å². The number of ether oxygens (including phenoxy) is 1. The Labute approximate surface area is 277 Å². The van der Waals surface area contributed by atoms with Crippen LogP contribution >= 0.6 is 11.6 Å². The van der Waals surface area contributed by atoms with Crippen molar-refractivity contribution in [3.63, 3.8) is 0 Å². The molecule has 12 heteroatoms. The number of aryl methyl sites for hydroxylation is 1. The predicted molar refractivity (Wildman–Crippen MR) is 165 cm³/mol. The van der Waals surface area contributed by atoms with Gasteiger partial charge in [0.25, 0.3) is 0 Å². The van der Waals surface area contributed by atoms with Gasteiger partial charge in [-0.2, -0.15) is 34.9 Å². The van der Waals surface area contributed by atoms with Crippen molar-refractivity contribution in [2.45, 2.75) is 19.7 Å². The van der Waals surface area contributed by atoms with Crippen LogP contribution in [0.4, 0.5) is 0 Å². The van der Waals surface area contributed by atoms with Gasteiger partial charge in [-0.1, -0.05) is 60.2 Å². The van der Waals surface area contributed by atoms with Crippen molar-refractivity contribution < 1.29 is 36.8 Å². The maximum Gasteiger partial charge on any atom is 2.00 e. The Balaban J connectivity index is 0.000000258. The molecule has 2 aliphatic heterocycles. The number of halogens is 1. The molecule has 0 amide bonds. The van der Waals surface area contributed by atoms with Crippen LogP contribution in [0.3, 0.4) is 0 Å². The number of pyridine rings is 1. The molecule has 45 heavy (non-hydrogen) atoms. The summed E-state index contributed by atoms with van der Waals surface area (Å²) in [6.45, 7) is 4.14. The van der Waals surface area contributed by atoms with Gasteiger partial charge < -0.3 is 19.9 Å². The number of benzene rings is 2. The van der Waals surface area contributed by atoms with E-state index in [9.17, 15) is 15.0 Å². The first-order valence-electron chi connectivity index (χ1n) is 14.2. The topological polar surface area (TPSA) is 124 Å². The third-order valence-electron chi connectivity index (χ3n) is 8.38. The number of aliphatic hydroxyl groups excluding tert-OH is 1. The fourth-order valence-corrected chi connectivity index (χ4v) is 6.30. The van der Waals surface area contributed by atoms with Crippen LogP contribution in [0, 0.1) is 36.9 Å². The normalized spacial score (nSPS) is 21.1. The molecule has 10 nitrogen and oxygen atoms in total. The maximum atomic E-state index is 11.2. The molecule has 0 spiro atoms. The first kappa shape index (κ1) is 32.5. The summed E-state index contributed by atoms with van der Waals surface area (Å²) < 4.78 is 5.55. The minimum atomic E-state index is -0.723. The summed E-state index contributed by atoms with van der Waals surface area (Å²) in [5, 5.41) is 24.8. The largest absolute Gasteiger partial charge is 2.00 e. The van der Waals surface area contributed by atoms with Crippen molar-refractivity contribution in [3.8, 4) is 28.3 Å². The van der Waals surface area contributed by atoms with Gasteiger partial charge in [0.1, 0.15) is 11.9 Å². The summed E-state index contributed by atoms with van der Waals surface area (Å²) in [4.78, 5) is 26.6. The molecule has 2 aromatic heterocycles. The van der Waals surface area contributed by atoms with Crippen molar-refractivity contribution in [2.75, 3.05) is 27.2 Å². The zero-order valence-corrected chi connectivity index (χ0v) is 26.8. The number of methoxy groups -OCH3 is 1. The Kier molecular flexibility index (Phi) is 9.86. The Morgan fingerprint density at radius 1 is 1.13 bits per heavy atom. The van der Waals surface area contributed by atoms with Crippen LogP contribution in [-0.2, 0) is 28.4 Å². The van der Waals surface area contributed by atoms with Crippen LogP contribution in [-0.4, -0.2) is 74.5 Å². The van der Waals surface area contributed by atoms with Crippen molar-refractivity contribution >= 4 is 23.8 Å². The second kappa shape index (κ2) is 13.6. The number of piperidine rings is 1. The number of likely N-dealkylation sites (tertiary alicyclic amines) is 1. The van der Waals surface area contributed by atoms with E-state index in [1.54, 1.807) is 38.8 Å². The Morgan fingerprint density at radius 3 is 2.58 bits per heavy atom. The molecular formula is C33H31ClMnN6O4. The van der Waals surface area contributed by atoms with E-state index < -0.39 is 12.2 Å². The molecule has 0 bridgehead atoms. The van der Waals surface area contributed by atoms with Crippen LogP contribution in [0.1, 0.15) is 28.6 Å². The number of hydrazone groups is 1. The SMILES string of the molecule is CN1N=Cc2ccn[c-]c2C1O.COc1nc(-c2cccc(-c3ccc[c-]c3C)c2Cl)cnc1CN1C[C@@H]2C(C(=O)O)[C@@H]2C1.[Mn+2]. The molecule has 231 valence electrons. The van der Waals surface area contributed by atoms with Crippen LogP contribution < -0.4 is 4.74 Å². The number of hydrogen-bond donors (Lipinski definition) is 2. The number of fused-ring (bicyclic) bond motifs is 2. The van der Waals surface area contributed by atoms with Gasteiger partial charge in [-0.3, -0.25) is 19.7 Å². The standard InChI is InChI=1S/C25H23ClN3O3.C8H8N3O.Mn/c1-14-6-3-4-7-15(14)16-8-5-9-17(23(16)26)20-10-27-21(24(28-20)32-2)13-29-11-18-19(12-29)22(18)25(30)31;1-11-8(12)7-5-9-3-2-6(7)4-10-11;/h3-5,7-10,18-19,22H,11-13H2,1-2H3,(H,30,31);2-4,8,12H,1H3;/q2*-1;+2/t18-,19+,22?;;. The average molecular weight is 666 g/mol. The minimum Gasteiger partial charge on any atom is -0.481 e. The molecule has 2 fully saturated rings. The number of aromatic nitrogens is 3. The molecule has 4 atom stereocenters. The van der Waals surface area contributed by atoms with E-state index in [0.717, 1.165) is 46.6 Å². The third kappa shape index (κ3) is 6.59. The molecule has 1 radical (unpaired) electrons. The number of carboxylic acids is 1. The van der Waals surface area contributed by atoms with Crippen molar-refractivity contribution in [1.82, 2.24) is 24.9 Å². The average Bonchev–Trinajstić information content (AvgIpc) is 3.56. The van der Waals surface area contributed by atoms with E-state index in [0.29, 0.717) is 28.7 Å². The van der Waals surface area contributed by atoms with Crippen LogP contribution in [0.2, 0.25) is 5.02 Å². The molecule has 2 unspecified atom stereocenters. The number of nitrogens with zero attached hydrogens (tertiary/aromatic N) is 6. The quantitative estimate of drug-likeness (QED) is 0.226. The molecule has 1 aliphatic carbocycles. The molecule has 1 saturated heterocycles. The van der Waals surface area contributed by atoms with Gasteiger partial charge in [-0.05, 0) is 18.1 Å². The van der Waals surface area contributed by atoms with Gasteiger partial charge in [-0.25, -0.2) is 4.98 Å². The molecular weight excluding hydrogens is 635 g/mol. The molecule has 4 aromatic rings. The summed E-state index contributed by atoms with van der Waals surface area (Å²) in [5.41, 5.74) is 6.70. The molecule has 4 heterocycles. The van der Waals surface area contributed by atoms with E-state index in [4.69, 9.17) is 21.3 Å². The fraction of sp³-hybridized carbons (Fsp3) is 0.303. The van der Waals surface area contributed by atoms with Gasteiger partial charge in [0.05, 0.1) is 24.9 Å². The van der Waals surface area contributed by atoms with E-state index >= 15 is 0 Å². The number of rotatable bonds is 6. The summed E-state index contributed by atoms with van der Waals surface area (Å²) in [6, 6.07) is 16.8. The molecule has 2 aromatic carbocycles. The number of hydrogen-bond acceptors (Lipinski definition) is 9. The van der Waals surface area contributed by atoms with Crippen molar-refractivity contribution in [3.05, 3.63) is 94.5 Å². The fourth-order valence-electron chi connectivity index (χ4n) is 5.97. The monoisotopic (exact) mass is 665 g/mol. The van der Waals surface area contributed by atoms with Crippen molar-refractivity contribution in [2.24, 2.45) is 22.9 Å². The van der Waals surface area contributed by atoms with E-state index in [1.165, 1.54) is 5.01 Å². The van der Waals surface area contributed by atoms with E-state index in [1.807, 2.05) is 43.3 Å². The molecule has 3 aliphatic rings. The predicted octanol–water partition coefficient (Wildman–Crippen LogP) is 4.49. The number of carboxylic acid groups (broad SMARTS) is 1. The first-order valence-corrected chi connectivity index (χ1v) is 14.6. The third-order valence-corrected chi connectivity index (χ3v) is 8.78. The maximum absolute atomic E-state index is 11.2. The van der Waals surface area contributed by atoms with E-state index in [-0.39, 0.29) is 34.8 Å². The Hall–Kier alpha value is -3.86.